The molecule has 5 N–H and O–H groups in total. The zero-order valence-corrected chi connectivity index (χ0v) is 10.2. The second-order valence-corrected chi connectivity index (χ2v) is 4.38. The first kappa shape index (κ1) is 11.3. The van der Waals surface area contributed by atoms with Crippen LogP contribution in [0.2, 0.25) is 0 Å². The van der Waals surface area contributed by atoms with Gasteiger partial charge in [0.05, 0.1) is 11.1 Å². The molecule has 0 atom stereocenters. The standard InChI is InChI=1S/C15H13N3O/c16-13-4-2-1-3-10(13)9-5-6-12(15(17)19)14-11(9)7-8-18-14/h1-8,18H,16H2,(H2,17,19). The van der Waals surface area contributed by atoms with Gasteiger partial charge < -0.3 is 16.5 Å². The fourth-order valence-corrected chi connectivity index (χ4v) is 2.34. The lowest BCUT2D eigenvalue weighted by molar-refractivity contribution is 0.100. The molecule has 0 unspecified atom stereocenters. The Kier molecular flexibility index (Phi) is 2.49. The van der Waals surface area contributed by atoms with Crippen molar-refractivity contribution in [1.29, 1.82) is 0 Å². The number of nitrogens with two attached hydrogens (primary N) is 2. The number of fused-ring (bicyclic) bond motifs is 1. The molecular weight excluding hydrogens is 238 g/mol. The largest absolute Gasteiger partial charge is 0.398 e. The lowest BCUT2D eigenvalue weighted by atomic mass is 9.98. The Balaban J connectivity index is 2.33. The number of rotatable bonds is 2. The molecule has 0 fully saturated rings. The Morgan fingerprint density at radius 2 is 1.79 bits per heavy atom. The first-order chi connectivity index (χ1) is 9.18. The van der Waals surface area contributed by atoms with Gasteiger partial charge in [0.2, 0.25) is 0 Å². The van der Waals surface area contributed by atoms with E-state index in [1.165, 1.54) is 0 Å². The van der Waals surface area contributed by atoms with Crippen molar-refractivity contribution < 1.29 is 4.79 Å². The average Bonchev–Trinajstić information content (AvgIpc) is 2.87. The number of nitrogens with one attached hydrogen (secondary N) is 1. The summed E-state index contributed by atoms with van der Waals surface area (Å²) >= 11 is 0. The van der Waals surface area contributed by atoms with Crippen molar-refractivity contribution in [1.82, 2.24) is 4.98 Å². The molecule has 0 aliphatic rings. The fourth-order valence-electron chi connectivity index (χ4n) is 2.34. The van der Waals surface area contributed by atoms with E-state index in [9.17, 15) is 4.79 Å². The van der Waals surface area contributed by atoms with E-state index in [4.69, 9.17) is 11.5 Å². The van der Waals surface area contributed by atoms with Gasteiger partial charge in [-0.2, -0.15) is 0 Å². The van der Waals surface area contributed by atoms with Crippen LogP contribution in [0, 0.1) is 0 Å². The van der Waals surface area contributed by atoms with Crippen LogP contribution in [0.15, 0.2) is 48.7 Å². The van der Waals surface area contributed by atoms with Crippen LogP contribution in [-0.2, 0) is 0 Å². The molecule has 3 rings (SSSR count). The van der Waals surface area contributed by atoms with Crippen molar-refractivity contribution in [3.63, 3.8) is 0 Å². The van der Waals surface area contributed by atoms with Gasteiger partial charge in [-0.15, -0.1) is 0 Å². The molecule has 0 radical (unpaired) electrons. The molecular formula is C15H13N3O. The van der Waals surface area contributed by atoms with E-state index < -0.39 is 5.91 Å². The van der Waals surface area contributed by atoms with Crippen LogP contribution in [0.3, 0.4) is 0 Å². The number of benzene rings is 2. The third kappa shape index (κ3) is 1.74. The highest BCUT2D eigenvalue weighted by molar-refractivity contribution is 6.09. The lowest BCUT2D eigenvalue weighted by Gasteiger charge is -2.08. The summed E-state index contributed by atoms with van der Waals surface area (Å²) in [7, 11) is 0. The molecule has 1 aromatic heterocycles. The number of aromatic amines is 1. The molecule has 4 nitrogen and oxygen atoms in total. The van der Waals surface area contributed by atoms with E-state index in [0.29, 0.717) is 11.3 Å². The van der Waals surface area contributed by atoms with Crippen LogP contribution < -0.4 is 11.5 Å². The van der Waals surface area contributed by atoms with E-state index in [2.05, 4.69) is 4.98 Å². The predicted octanol–water partition coefficient (Wildman–Crippen LogP) is 2.52. The van der Waals surface area contributed by atoms with Gasteiger partial charge in [0.1, 0.15) is 0 Å². The number of carbonyl (C=O) groups is 1. The molecule has 0 spiro atoms. The van der Waals surface area contributed by atoms with Crippen LogP contribution in [0.25, 0.3) is 22.0 Å². The Hall–Kier alpha value is -2.75. The van der Waals surface area contributed by atoms with Crippen LogP contribution in [0.1, 0.15) is 10.4 Å². The Bertz CT molecular complexity index is 774. The molecule has 0 aliphatic heterocycles. The molecule has 0 aliphatic carbocycles. The Morgan fingerprint density at radius 3 is 2.53 bits per heavy atom. The lowest BCUT2D eigenvalue weighted by Crippen LogP contribution is -2.11. The van der Waals surface area contributed by atoms with Crippen molar-refractivity contribution in [2.75, 3.05) is 5.73 Å². The predicted molar refractivity (Wildman–Crippen MR) is 76.7 cm³/mol. The number of H-pyrrole nitrogens is 1. The van der Waals surface area contributed by atoms with Gasteiger partial charge in [0.25, 0.3) is 5.91 Å². The van der Waals surface area contributed by atoms with Gasteiger partial charge in [-0.25, -0.2) is 0 Å². The van der Waals surface area contributed by atoms with Gasteiger partial charge in [-0.3, -0.25) is 4.79 Å². The first-order valence-corrected chi connectivity index (χ1v) is 5.93. The average molecular weight is 251 g/mol. The number of hydrogen-bond acceptors (Lipinski definition) is 2. The van der Waals surface area contributed by atoms with Crippen molar-refractivity contribution in [3.8, 4) is 11.1 Å². The normalized spacial score (nSPS) is 10.7. The second-order valence-electron chi connectivity index (χ2n) is 4.38. The van der Waals surface area contributed by atoms with Crippen LogP contribution in [0.4, 0.5) is 5.69 Å². The number of nitrogen functional groups attached to an aromatic ring is 1. The SMILES string of the molecule is NC(=O)c1ccc(-c2ccccc2N)c2cc[nH]c12. The van der Waals surface area contributed by atoms with Gasteiger partial charge in [-0.05, 0) is 23.8 Å². The smallest absolute Gasteiger partial charge is 0.250 e. The van der Waals surface area contributed by atoms with E-state index in [-0.39, 0.29) is 0 Å². The minimum Gasteiger partial charge on any atom is -0.398 e. The third-order valence-corrected chi connectivity index (χ3v) is 3.24. The number of primary amides is 1. The zero-order valence-electron chi connectivity index (χ0n) is 10.2. The molecule has 4 heteroatoms. The van der Waals surface area contributed by atoms with Crippen LogP contribution in [-0.4, -0.2) is 10.9 Å². The van der Waals surface area contributed by atoms with Crippen molar-refractivity contribution in [2.45, 2.75) is 0 Å². The molecule has 3 aromatic rings. The molecule has 94 valence electrons. The monoisotopic (exact) mass is 251 g/mol. The molecule has 1 heterocycles. The zero-order chi connectivity index (χ0) is 13.4. The summed E-state index contributed by atoms with van der Waals surface area (Å²) < 4.78 is 0. The summed E-state index contributed by atoms with van der Waals surface area (Å²) in [6.45, 7) is 0. The number of amides is 1. The number of hydrogen-bond donors (Lipinski definition) is 3. The molecule has 0 bridgehead atoms. The van der Waals surface area contributed by atoms with E-state index in [1.54, 1.807) is 12.3 Å². The summed E-state index contributed by atoms with van der Waals surface area (Å²) in [5, 5.41) is 0.939. The minimum atomic E-state index is -0.444. The van der Waals surface area contributed by atoms with Crippen molar-refractivity contribution >= 4 is 22.5 Å². The highest BCUT2D eigenvalue weighted by Crippen LogP contribution is 2.33. The summed E-state index contributed by atoms with van der Waals surface area (Å²) in [5.74, 6) is -0.444. The summed E-state index contributed by atoms with van der Waals surface area (Å²) in [5.41, 5.74) is 15.2. The molecule has 19 heavy (non-hydrogen) atoms. The first-order valence-electron chi connectivity index (χ1n) is 5.93. The van der Waals surface area contributed by atoms with E-state index in [1.807, 2.05) is 36.4 Å². The number of anilines is 1. The van der Waals surface area contributed by atoms with Crippen LogP contribution in [0.5, 0.6) is 0 Å². The molecule has 0 saturated carbocycles. The molecule has 0 saturated heterocycles. The van der Waals surface area contributed by atoms with Gasteiger partial charge in [0.15, 0.2) is 0 Å². The van der Waals surface area contributed by atoms with E-state index >= 15 is 0 Å². The summed E-state index contributed by atoms with van der Waals surface area (Å²) in [4.78, 5) is 14.5. The maximum Gasteiger partial charge on any atom is 0.250 e. The van der Waals surface area contributed by atoms with Crippen LogP contribution >= 0.6 is 0 Å². The number of carbonyl (C=O) groups excluding carboxylic acids is 1. The molecule has 1 amide bonds. The second kappa shape index (κ2) is 4.17. The van der Waals surface area contributed by atoms with Crippen molar-refractivity contribution in [3.05, 3.63) is 54.2 Å². The topological polar surface area (TPSA) is 84.9 Å². The van der Waals surface area contributed by atoms with E-state index in [0.717, 1.165) is 22.0 Å². The van der Waals surface area contributed by atoms with Gasteiger partial charge in [0, 0.05) is 22.8 Å². The highest BCUT2D eigenvalue weighted by atomic mass is 16.1. The summed E-state index contributed by atoms with van der Waals surface area (Å²) in [6.07, 6.45) is 1.79. The van der Waals surface area contributed by atoms with Crippen molar-refractivity contribution in [2.24, 2.45) is 5.73 Å². The number of para-hydroxylation sites is 1. The third-order valence-electron chi connectivity index (χ3n) is 3.24. The van der Waals surface area contributed by atoms with Gasteiger partial charge in [-0.1, -0.05) is 24.3 Å². The Labute approximate surface area is 110 Å². The maximum absolute atomic E-state index is 11.4. The number of aromatic nitrogens is 1. The van der Waals surface area contributed by atoms with Gasteiger partial charge >= 0.3 is 0 Å². The fraction of sp³-hybridized carbons (Fsp3) is 0. The minimum absolute atomic E-state index is 0.444. The quantitative estimate of drug-likeness (QED) is 0.611. The summed E-state index contributed by atoms with van der Waals surface area (Å²) in [6, 6.07) is 13.2. The molecule has 2 aromatic carbocycles. The highest BCUT2D eigenvalue weighted by Gasteiger charge is 2.13. The Morgan fingerprint density at radius 1 is 1.00 bits per heavy atom. The maximum atomic E-state index is 11.4.